The standard InChI is InChI=1S/C19H27N3OS/c1-13(2)10-19(4,12-20)22-17(23)9-16-11-24-18(21-16)15-7-5-6-14(3)8-15/h5-8,11,13H,9-10,12,20H2,1-4H3,(H,22,23). The molecule has 1 unspecified atom stereocenters. The van der Waals surface area contributed by atoms with Crippen LogP contribution in [-0.4, -0.2) is 23.0 Å². The van der Waals surface area contributed by atoms with Crippen LogP contribution < -0.4 is 11.1 Å². The minimum Gasteiger partial charge on any atom is -0.349 e. The lowest BCUT2D eigenvalue weighted by molar-refractivity contribution is -0.122. The second-order valence-electron chi connectivity index (χ2n) is 7.10. The Morgan fingerprint density at radius 3 is 2.79 bits per heavy atom. The van der Waals surface area contributed by atoms with Crippen LogP contribution in [0.2, 0.25) is 0 Å². The fourth-order valence-electron chi connectivity index (χ4n) is 2.93. The van der Waals surface area contributed by atoms with Crippen LogP contribution in [0.4, 0.5) is 0 Å². The second-order valence-corrected chi connectivity index (χ2v) is 7.96. The van der Waals surface area contributed by atoms with Gasteiger partial charge < -0.3 is 11.1 Å². The first-order chi connectivity index (χ1) is 11.3. The number of carbonyl (C=O) groups is 1. The summed E-state index contributed by atoms with van der Waals surface area (Å²) in [6.45, 7) is 8.77. The molecule has 0 bridgehead atoms. The Bertz CT molecular complexity index is 695. The van der Waals surface area contributed by atoms with Crippen LogP contribution in [0.15, 0.2) is 29.6 Å². The first-order valence-corrected chi connectivity index (χ1v) is 9.22. The highest BCUT2D eigenvalue weighted by Crippen LogP contribution is 2.24. The van der Waals surface area contributed by atoms with Gasteiger partial charge in [-0.2, -0.15) is 0 Å². The van der Waals surface area contributed by atoms with Gasteiger partial charge in [-0.1, -0.05) is 37.6 Å². The Labute approximate surface area is 148 Å². The molecule has 0 saturated carbocycles. The van der Waals surface area contributed by atoms with Crippen molar-refractivity contribution in [1.29, 1.82) is 0 Å². The van der Waals surface area contributed by atoms with Crippen LogP contribution in [0.25, 0.3) is 10.6 Å². The molecule has 0 spiro atoms. The van der Waals surface area contributed by atoms with Gasteiger partial charge in [-0.25, -0.2) is 4.98 Å². The molecule has 0 saturated heterocycles. The molecule has 5 heteroatoms. The largest absolute Gasteiger partial charge is 0.349 e. The highest BCUT2D eigenvalue weighted by Gasteiger charge is 2.26. The predicted molar refractivity (Wildman–Crippen MR) is 101 cm³/mol. The van der Waals surface area contributed by atoms with E-state index < -0.39 is 0 Å². The zero-order valence-electron chi connectivity index (χ0n) is 14.9. The Balaban J connectivity index is 2.02. The van der Waals surface area contributed by atoms with E-state index in [-0.39, 0.29) is 17.9 Å². The summed E-state index contributed by atoms with van der Waals surface area (Å²) >= 11 is 1.57. The van der Waals surface area contributed by atoms with E-state index in [4.69, 9.17) is 5.73 Å². The van der Waals surface area contributed by atoms with Crippen LogP contribution in [0, 0.1) is 12.8 Å². The zero-order valence-corrected chi connectivity index (χ0v) is 15.7. The summed E-state index contributed by atoms with van der Waals surface area (Å²) in [5.41, 5.74) is 8.60. The van der Waals surface area contributed by atoms with Crippen molar-refractivity contribution in [1.82, 2.24) is 10.3 Å². The molecule has 3 N–H and O–H groups in total. The molecule has 130 valence electrons. The summed E-state index contributed by atoms with van der Waals surface area (Å²) in [6.07, 6.45) is 1.15. The third-order valence-electron chi connectivity index (χ3n) is 3.91. The number of thiazole rings is 1. The van der Waals surface area contributed by atoms with E-state index in [0.717, 1.165) is 22.7 Å². The minimum absolute atomic E-state index is 0.0234. The summed E-state index contributed by atoms with van der Waals surface area (Å²) in [7, 11) is 0. The maximum absolute atomic E-state index is 12.4. The van der Waals surface area contributed by atoms with E-state index in [2.05, 4.69) is 43.2 Å². The number of nitrogens with zero attached hydrogens (tertiary/aromatic N) is 1. The van der Waals surface area contributed by atoms with Crippen molar-refractivity contribution < 1.29 is 4.79 Å². The molecule has 4 nitrogen and oxygen atoms in total. The summed E-state index contributed by atoms with van der Waals surface area (Å²) in [4.78, 5) is 17.0. The van der Waals surface area contributed by atoms with Crippen molar-refractivity contribution in [2.45, 2.75) is 46.1 Å². The number of aromatic nitrogens is 1. The number of nitrogens with one attached hydrogen (secondary N) is 1. The maximum atomic E-state index is 12.4. The summed E-state index contributed by atoms with van der Waals surface area (Å²) < 4.78 is 0. The molecule has 1 aromatic heterocycles. The Morgan fingerprint density at radius 2 is 2.17 bits per heavy atom. The average molecular weight is 346 g/mol. The highest BCUT2D eigenvalue weighted by atomic mass is 32.1. The molecule has 1 amide bonds. The molecule has 0 fully saturated rings. The van der Waals surface area contributed by atoms with Crippen molar-refractivity contribution in [3.05, 3.63) is 40.9 Å². The number of benzene rings is 1. The van der Waals surface area contributed by atoms with Crippen molar-refractivity contribution in [2.24, 2.45) is 11.7 Å². The van der Waals surface area contributed by atoms with E-state index >= 15 is 0 Å². The van der Waals surface area contributed by atoms with E-state index in [1.54, 1.807) is 11.3 Å². The topological polar surface area (TPSA) is 68.0 Å². The fourth-order valence-corrected chi connectivity index (χ4v) is 3.75. The molecule has 2 aromatic rings. The second kappa shape index (κ2) is 7.90. The molecule has 0 aliphatic rings. The number of hydrogen-bond acceptors (Lipinski definition) is 4. The maximum Gasteiger partial charge on any atom is 0.226 e. The predicted octanol–water partition coefficient (Wildman–Crippen LogP) is 3.54. The lowest BCUT2D eigenvalue weighted by Gasteiger charge is -2.31. The highest BCUT2D eigenvalue weighted by molar-refractivity contribution is 7.13. The van der Waals surface area contributed by atoms with Gasteiger partial charge in [0.05, 0.1) is 12.1 Å². The Kier molecular flexibility index (Phi) is 6.13. The van der Waals surface area contributed by atoms with Gasteiger partial charge in [-0.3, -0.25) is 4.79 Å². The molecular formula is C19H27N3OS. The van der Waals surface area contributed by atoms with Gasteiger partial charge in [0.25, 0.3) is 0 Å². The molecule has 1 atom stereocenters. The van der Waals surface area contributed by atoms with Gasteiger partial charge in [0, 0.05) is 23.0 Å². The van der Waals surface area contributed by atoms with Crippen molar-refractivity contribution in [3.8, 4) is 10.6 Å². The van der Waals surface area contributed by atoms with Gasteiger partial charge in [-0.15, -0.1) is 11.3 Å². The van der Waals surface area contributed by atoms with Crippen LogP contribution >= 0.6 is 11.3 Å². The number of nitrogens with two attached hydrogens (primary N) is 1. The molecule has 2 rings (SSSR count). The quantitative estimate of drug-likeness (QED) is 0.806. The van der Waals surface area contributed by atoms with E-state index in [1.807, 2.05) is 24.4 Å². The smallest absolute Gasteiger partial charge is 0.226 e. The van der Waals surface area contributed by atoms with E-state index in [0.29, 0.717) is 12.5 Å². The van der Waals surface area contributed by atoms with Gasteiger partial charge in [0.1, 0.15) is 5.01 Å². The van der Waals surface area contributed by atoms with Crippen LogP contribution in [0.1, 0.15) is 38.4 Å². The zero-order chi connectivity index (χ0) is 17.7. The molecule has 1 heterocycles. The number of carbonyl (C=O) groups excluding carboxylic acids is 1. The third kappa shape index (κ3) is 5.14. The molecule has 0 radical (unpaired) electrons. The Hall–Kier alpha value is -1.72. The van der Waals surface area contributed by atoms with E-state index in [9.17, 15) is 4.79 Å². The van der Waals surface area contributed by atoms with Gasteiger partial charge >= 0.3 is 0 Å². The number of amides is 1. The molecular weight excluding hydrogens is 318 g/mol. The van der Waals surface area contributed by atoms with Crippen molar-refractivity contribution >= 4 is 17.2 Å². The molecule has 0 aliphatic carbocycles. The van der Waals surface area contributed by atoms with Crippen LogP contribution in [0.3, 0.4) is 0 Å². The molecule has 1 aromatic carbocycles. The van der Waals surface area contributed by atoms with Gasteiger partial charge in [0.2, 0.25) is 5.91 Å². The number of rotatable bonds is 7. The fraction of sp³-hybridized carbons (Fsp3) is 0.474. The van der Waals surface area contributed by atoms with Crippen molar-refractivity contribution in [2.75, 3.05) is 6.54 Å². The first-order valence-electron chi connectivity index (χ1n) is 8.34. The SMILES string of the molecule is Cc1cccc(-c2nc(CC(=O)NC(C)(CN)CC(C)C)cs2)c1. The van der Waals surface area contributed by atoms with Crippen LogP contribution in [0.5, 0.6) is 0 Å². The summed E-state index contributed by atoms with van der Waals surface area (Å²) in [5.74, 6) is 0.454. The lowest BCUT2D eigenvalue weighted by Crippen LogP contribution is -2.52. The third-order valence-corrected chi connectivity index (χ3v) is 4.85. The average Bonchev–Trinajstić information content (AvgIpc) is 2.94. The minimum atomic E-state index is -0.360. The van der Waals surface area contributed by atoms with Gasteiger partial charge in [-0.05, 0) is 32.3 Å². The van der Waals surface area contributed by atoms with Gasteiger partial charge in [0.15, 0.2) is 0 Å². The van der Waals surface area contributed by atoms with Crippen molar-refractivity contribution in [3.63, 3.8) is 0 Å². The molecule has 24 heavy (non-hydrogen) atoms. The number of hydrogen-bond donors (Lipinski definition) is 2. The monoisotopic (exact) mass is 345 g/mol. The van der Waals surface area contributed by atoms with Crippen LogP contribution in [-0.2, 0) is 11.2 Å². The van der Waals surface area contributed by atoms with E-state index in [1.165, 1.54) is 5.56 Å². The Morgan fingerprint density at radius 1 is 1.42 bits per heavy atom. The summed E-state index contributed by atoms with van der Waals surface area (Å²) in [6, 6.07) is 8.24. The summed E-state index contributed by atoms with van der Waals surface area (Å²) in [5, 5.41) is 5.99. The lowest BCUT2D eigenvalue weighted by atomic mass is 9.90. The molecule has 0 aliphatic heterocycles. The normalized spacial score (nSPS) is 13.8. The number of aryl methyl sites for hydroxylation is 1. The first kappa shape index (κ1) is 18.6.